The summed E-state index contributed by atoms with van der Waals surface area (Å²) in [5, 5.41) is -0.221. The molecule has 0 saturated carbocycles. The fourth-order valence-electron chi connectivity index (χ4n) is 2.32. The average molecular weight is 323 g/mol. The van der Waals surface area contributed by atoms with Gasteiger partial charge >= 0.3 is 0 Å². The third-order valence-electron chi connectivity index (χ3n) is 3.35. The normalized spacial score (nSPS) is 19.8. The number of hydrogen-bond acceptors (Lipinski definition) is 3. The Balaban J connectivity index is 1.96. The number of rotatable bonds is 3. The summed E-state index contributed by atoms with van der Waals surface area (Å²) in [6.45, 7) is 0.462. The number of benzene rings is 2. The van der Waals surface area contributed by atoms with Crippen LogP contribution in [-0.4, -0.2) is 25.0 Å². The smallest absolute Gasteiger partial charge is 0.207 e. The summed E-state index contributed by atoms with van der Waals surface area (Å²) in [5.41, 5.74) is 0.964. The van der Waals surface area contributed by atoms with E-state index in [0.717, 1.165) is 11.3 Å². The first-order valence-corrected chi connectivity index (χ1v) is 9.02. The van der Waals surface area contributed by atoms with Crippen LogP contribution in [0.2, 0.25) is 0 Å². The van der Waals surface area contributed by atoms with Crippen molar-refractivity contribution in [1.29, 1.82) is 0 Å². The summed E-state index contributed by atoms with van der Waals surface area (Å²) < 4.78 is 39.9. The van der Waals surface area contributed by atoms with E-state index >= 15 is 0 Å². The van der Waals surface area contributed by atoms with Gasteiger partial charge in [-0.3, -0.25) is 0 Å². The van der Waals surface area contributed by atoms with E-state index in [2.05, 4.69) is 0 Å². The molecule has 0 unspecified atom stereocenters. The third kappa shape index (κ3) is 2.84. The molecule has 110 valence electrons. The molecule has 1 atom stereocenters. The Kier molecular flexibility index (Phi) is 4.01. The molecule has 0 aliphatic carbocycles. The van der Waals surface area contributed by atoms with Gasteiger partial charge in [0, 0.05) is 12.3 Å². The van der Waals surface area contributed by atoms with Crippen molar-refractivity contribution in [2.75, 3.05) is 12.3 Å². The van der Waals surface area contributed by atoms with E-state index in [9.17, 15) is 12.8 Å². The van der Waals surface area contributed by atoms with Crippen LogP contribution in [-0.2, 0) is 10.0 Å². The van der Waals surface area contributed by atoms with Gasteiger partial charge in [-0.1, -0.05) is 30.3 Å². The zero-order chi connectivity index (χ0) is 14.9. The minimum absolute atomic E-state index is 0.132. The first-order chi connectivity index (χ1) is 10.1. The van der Waals surface area contributed by atoms with Gasteiger partial charge in [0.15, 0.2) is 0 Å². The topological polar surface area (TPSA) is 37.4 Å². The Labute approximate surface area is 127 Å². The van der Waals surface area contributed by atoms with Crippen LogP contribution in [0.25, 0.3) is 0 Å². The van der Waals surface area contributed by atoms with Gasteiger partial charge in [-0.25, -0.2) is 12.8 Å². The molecule has 6 heteroatoms. The Hall–Kier alpha value is -1.37. The van der Waals surface area contributed by atoms with Gasteiger partial charge in [0.05, 0.1) is 10.3 Å². The number of hydrogen-bond donors (Lipinski definition) is 0. The van der Waals surface area contributed by atoms with E-state index in [0.29, 0.717) is 6.54 Å². The maximum Gasteiger partial charge on any atom is 0.244 e. The number of sulfonamides is 1. The van der Waals surface area contributed by atoms with E-state index < -0.39 is 15.8 Å². The van der Waals surface area contributed by atoms with E-state index in [1.54, 1.807) is 11.8 Å². The predicted molar refractivity (Wildman–Crippen MR) is 81.9 cm³/mol. The summed E-state index contributed by atoms with van der Waals surface area (Å²) >= 11 is 1.60. The molecule has 1 aliphatic rings. The lowest BCUT2D eigenvalue weighted by atomic mass is 10.2. The lowest BCUT2D eigenvalue weighted by Gasteiger charge is -2.23. The second kappa shape index (κ2) is 5.79. The monoisotopic (exact) mass is 323 g/mol. The van der Waals surface area contributed by atoms with Crippen LogP contribution >= 0.6 is 11.8 Å². The molecule has 0 spiro atoms. The summed E-state index contributed by atoms with van der Waals surface area (Å²) in [7, 11) is -3.61. The quantitative estimate of drug-likeness (QED) is 0.870. The maximum atomic E-state index is 13.0. The highest BCUT2D eigenvalue weighted by atomic mass is 32.2. The van der Waals surface area contributed by atoms with Crippen LogP contribution in [0.4, 0.5) is 4.39 Å². The molecule has 3 nitrogen and oxygen atoms in total. The highest BCUT2D eigenvalue weighted by Crippen LogP contribution is 2.41. The average Bonchev–Trinajstić information content (AvgIpc) is 2.99. The zero-order valence-corrected chi connectivity index (χ0v) is 12.8. The number of nitrogens with zero attached hydrogens (tertiary/aromatic N) is 1. The first-order valence-electron chi connectivity index (χ1n) is 6.53. The minimum Gasteiger partial charge on any atom is -0.207 e. The Morgan fingerprint density at radius 3 is 2.38 bits per heavy atom. The Morgan fingerprint density at radius 2 is 1.71 bits per heavy atom. The van der Waals surface area contributed by atoms with Crippen molar-refractivity contribution in [3.63, 3.8) is 0 Å². The lowest BCUT2D eigenvalue weighted by Crippen LogP contribution is -2.30. The van der Waals surface area contributed by atoms with E-state index in [4.69, 9.17) is 0 Å². The van der Waals surface area contributed by atoms with Gasteiger partial charge in [0.25, 0.3) is 0 Å². The molecule has 1 heterocycles. The maximum absolute atomic E-state index is 13.0. The van der Waals surface area contributed by atoms with E-state index in [1.165, 1.54) is 28.6 Å². The van der Waals surface area contributed by atoms with Gasteiger partial charge in [-0.15, -0.1) is 11.8 Å². The second-order valence-corrected chi connectivity index (χ2v) is 7.78. The molecular formula is C15H14FNO2S2. The molecule has 21 heavy (non-hydrogen) atoms. The molecule has 2 aromatic carbocycles. The van der Waals surface area contributed by atoms with Crippen molar-refractivity contribution in [3.05, 3.63) is 66.0 Å². The molecule has 0 amide bonds. The SMILES string of the molecule is O=S(=O)(c1ccc(F)cc1)N1CCS[C@H]1c1ccccc1. The molecule has 3 rings (SSSR count). The molecule has 0 N–H and O–H groups in total. The zero-order valence-electron chi connectivity index (χ0n) is 11.1. The van der Waals surface area contributed by atoms with Crippen molar-refractivity contribution in [3.8, 4) is 0 Å². The van der Waals surface area contributed by atoms with Crippen LogP contribution in [0.1, 0.15) is 10.9 Å². The van der Waals surface area contributed by atoms with Crippen LogP contribution in [0.5, 0.6) is 0 Å². The van der Waals surface area contributed by atoms with Crippen LogP contribution in [0, 0.1) is 5.82 Å². The van der Waals surface area contributed by atoms with Crippen LogP contribution in [0.3, 0.4) is 0 Å². The molecule has 0 radical (unpaired) electrons. The highest BCUT2D eigenvalue weighted by Gasteiger charge is 2.36. The third-order valence-corrected chi connectivity index (χ3v) is 6.63. The second-order valence-electron chi connectivity index (χ2n) is 4.70. The Bertz CT molecular complexity index is 717. The van der Waals surface area contributed by atoms with Crippen molar-refractivity contribution in [2.45, 2.75) is 10.3 Å². The molecule has 2 aromatic rings. The van der Waals surface area contributed by atoms with Crippen LogP contribution < -0.4 is 0 Å². The minimum atomic E-state index is -3.61. The summed E-state index contributed by atoms with van der Waals surface area (Å²) in [4.78, 5) is 0.132. The largest absolute Gasteiger partial charge is 0.244 e. The fraction of sp³-hybridized carbons (Fsp3) is 0.200. The van der Waals surface area contributed by atoms with Crippen molar-refractivity contribution < 1.29 is 12.8 Å². The van der Waals surface area contributed by atoms with Gasteiger partial charge in [-0.2, -0.15) is 4.31 Å². The fourth-order valence-corrected chi connectivity index (χ4v) is 5.56. The van der Waals surface area contributed by atoms with E-state index in [-0.39, 0.29) is 10.3 Å². The van der Waals surface area contributed by atoms with Gasteiger partial charge in [0.2, 0.25) is 10.0 Å². The summed E-state index contributed by atoms with van der Waals surface area (Å²) in [6.07, 6.45) is 0. The standard InChI is InChI=1S/C15H14FNO2S2/c16-13-6-8-14(9-7-13)21(18,19)17-10-11-20-15(17)12-4-2-1-3-5-12/h1-9,15H,10-11H2/t15-/m0/s1. The van der Waals surface area contributed by atoms with Crippen molar-refractivity contribution >= 4 is 21.8 Å². The van der Waals surface area contributed by atoms with Crippen molar-refractivity contribution in [1.82, 2.24) is 4.31 Å². The molecule has 0 aromatic heterocycles. The Morgan fingerprint density at radius 1 is 1.05 bits per heavy atom. The lowest BCUT2D eigenvalue weighted by molar-refractivity contribution is 0.434. The predicted octanol–water partition coefficient (Wildman–Crippen LogP) is 3.26. The summed E-state index contributed by atoms with van der Waals surface area (Å²) in [5.74, 6) is 0.310. The number of halogens is 1. The highest BCUT2D eigenvalue weighted by molar-refractivity contribution is 8.01. The molecule has 0 bridgehead atoms. The first kappa shape index (κ1) is 14.6. The molecule has 1 saturated heterocycles. The molecule has 1 fully saturated rings. The molecular weight excluding hydrogens is 309 g/mol. The van der Waals surface area contributed by atoms with Gasteiger partial charge in [0.1, 0.15) is 5.82 Å². The number of thioether (sulfide) groups is 1. The molecule has 1 aliphatic heterocycles. The summed E-state index contributed by atoms with van der Waals surface area (Å²) in [6, 6.07) is 14.5. The van der Waals surface area contributed by atoms with Gasteiger partial charge in [-0.05, 0) is 29.8 Å². The van der Waals surface area contributed by atoms with Crippen molar-refractivity contribution in [2.24, 2.45) is 0 Å². The van der Waals surface area contributed by atoms with E-state index in [1.807, 2.05) is 30.3 Å². The van der Waals surface area contributed by atoms with Gasteiger partial charge < -0.3 is 0 Å². The van der Waals surface area contributed by atoms with Crippen LogP contribution in [0.15, 0.2) is 59.5 Å².